The first kappa shape index (κ1) is 12.8. The molecule has 19 heavy (non-hydrogen) atoms. The number of benzene rings is 1. The quantitative estimate of drug-likeness (QED) is 0.674. The fraction of sp³-hybridized carbons (Fsp3) is 0.154. The minimum absolute atomic E-state index is 0.206. The number of rotatable bonds is 4. The Balaban J connectivity index is 2.27. The Morgan fingerprint density at radius 1 is 1.32 bits per heavy atom. The Hall–Kier alpha value is -2.68. The van der Waals surface area contributed by atoms with Gasteiger partial charge < -0.3 is 4.74 Å². The summed E-state index contributed by atoms with van der Waals surface area (Å²) in [5.41, 5.74) is 1.30. The Bertz CT molecular complexity index is 607. The van der Waals surface area contributed by atoms with Crippen molar-refractivity contribution in [1.82, 2.24) is 9.97 Å². The number of nitrogens with zero attached hydrogens (tertiary/aromatic N) is 3. The van der Waals surface area contributed by atoms with E-state index in [2.05, 4.69) is 15.3 Å². The van der Waals surface area contributed by atoms with Crippen LogP contribution >= 0.6 is 0 Å². The fourth-order valence-electron chi connectivity index (χ4n) is 1.54. The van der Waals surface area contributed by atoms with Crippen LogP contribution in [0.2, 0.25) is 0 Å². The molecule has 0 aliphatic carbocycles. The molecule has 0 bridgehead atoms. The van der Waals surface area contributed by atoms with Crippen LogP contribution in [0.15, 0.2) is 30.6 Å². The first-order chi connectivity index (χ1) is 9.24. The van der Waals surface area contributed by atoms with Crippen molar-refractivity contribution in [3.8, 4) is 23.1 Å². The molecule has 6 heteroatoms. The number of nitriles is 1. The zero-order valence-electron chi connectivity index (χ0n) is 10.2. The maximum Gasteiger partial charge on any atom is 0.236 e. The molecule has 2 aromatic rings. The largest absolute Gasteiger partial charge is 0.491 e. The molecule has 1 aromatic heterocycles. The average Bonchev–Trinajstić information content (AvgIpc) is 2.43. The minimum Gasteiger partial charge on any atom is -0.491 e. The van der Waals surface area contributed by atoms with E-state index in [1.54, 1.807) is 25.2 Å². The lowest BCUT2D eigenvalue weighted by Gasteiger charge is -2.06. The summed E-state index contributed by atoms with van der Waals surface area (Å²) in [6.07, 6.45) is 4.75. The van der Waals surface area contributed by atoms with Gasteiger partial charge in [-0.2, -0.15) is 5.26 Å². The van der Waals surface area contributed by atoms with Crippen molar-refractivity contribution in [3.63, 3.8) is 0 Å². The molecule has 1 N–H and O–H groups in total. The summed E-state index contributed by atoms with van der Waals surface area (Å²) in [6, 6.07) is 4.65. The highest BCUT2D eigenvalue weighted by molar-refractivity contribution is 5.63. The van der Waals surface area contributed by atoms with Crippen LogP contribution in [-0.4, -0.2) is 16.6 Å². The van der Waals surface area contributed by atoms with E-state index in [0.717, 1.165) is 0 Å². The van der Waals surface area contributed by atoms with Gasteiger partial charge in [-0.15, -0.1) is 0 Å². The lowest BCUT2D eigenvalue weighted by atomic mass is 10.1. The van der Waals surface area contributed by atoms with Crippen LogP contribution < -0.4 is 10.1 Å². The van der Waals surface area contributed by atoms with Crippen molar-refractivity contribution in [2.75, 3.05) is 11.9 Å². The maximum absolute atomic E-state index is 13.7. The van der Waals surface area contributed by atoms with Crippen molar-refractivity contribution >= 4 is 5.95 Å². The topological polar surface area (TPSA) is 70.8 Å². The van der Waals surface area contributed by atoms with Gasteiger partial charge in [0.2, 0.25) is 5.95 Å². The summed E-state index contributed by atoms with van der Waals surface area (Å²) in [5.74, 6) is -0.00818. The lowest BCUT2D eigenvalue weighted by Crippen LogP contribution is -1.96. The van der Waals surface area contributed by atoms with Gasteiger partial charge in [0, 0.05) is 18.0 Å². The van der Waals surface area contributed by atoms with Gasteiger partial charge in [-0.1, -0.05) is 6.07 Å². The van der Waals surface area contributed by atoms with Gasteiger partial charge in [-0.3, -0.25) is 5.32 Å². The van der Waals surface area contributed by atoms with Crippen molar-refractivity contribution in [2.24, 2.45) is 0 Å². The highest BCUT2D eigenvalue weighted by Crippen LogP contribution is 2.25. The van der Waals surface area contributed by atoms with E-state index in [4.69, 9.17) is 10.00 Å². The number of anilines is 1. The molecule has 0 fully saturated rings. The second-order valence-corrected chi connectivity index (χ2v) is 3.61. The van der Waals surface area contributed by atoms with E-state index in [1.165, 1.54) is 18.5 Å². The number of hydrogen-bond acceptors (Lipinski definition) is 5. The van der Waals surface area contributed by atoms with Gasteiger partial charge in [0.05, 0.1) is 6.61 Å². The Morgan fingerprint density at radius 3 is 2.63 bits per heavy atom. The summed E-state index contributed by atoms with van der Waals surface area (Å²) in [6.45, 7) is 2.20. The Morgan fingerprint density at radius 2 is 2.05 bits per heavy atom. The van der Waals surface area contributed by atoms with Gasteiger partial charge in [0.15, 0.2) is 17.8 Å². The van der Waals surface area contributed by atoms with E-state index in [9.17, 15) is 4.39 Å². The van der Waals surface area contributed by atoms with E-state index in [1.807, 2.05) is 0 Å². The number of halogens is 1. The van der Waals surface area contributed by atoms with Crippen molar-refractivity contribution in [2.45, 2.75) is 6.92 Å². The molecule has 0 amide bonds. The van der Waals surface area contributed by atoms with E-state index in [-0.39, 0.29) is 11.7 Å². The fourth-order valence-corrected chi connectivity index (χ4v) is 1.54. The van der Waals surface area contributed by atoms with Crippen molar-refractivity contribution < 1.29 is 9.13 Å². The second-order valence-electron chi connectivity index (χ2n) is 3.61. The first-order valence-corrected chi connectivity index (χ1v) is 5.64. The predicted molar refractivity (Wildman–Crippen MR) is 67.8 cm³/mol. The van der Waals surface area contributed by atoms with Gasteiger partial charge in [0.1, 0.15) is 0 Å². The molecule has 1 heterocycles. The molecule has 0 radical (unpaired) electrons. The average molecular weight is 258 g/mol. The number of ether oxygens (including phenoxy) is 1. The maximum atomic E-state index is 13.7. The van der Waals surface area contributed by atoms with Gasteiger partial charge >= 0.3 is 0 Å². The summed E-state index contributed by atoms with van der Waals surface area (Å²) in [7, 11) is 0. The Labute approximate surface area is 109 Å². The zero-order valence-corrected chi connectivity index (χ0v) is 10.2. The van der Waals surface area contributed by atoms with Crippen LogP contribution in [0.25, 0.3) is 11.1 Å². The van der Waals surface area contributed by atoms with Crippen molar-refractivity contribution in [1.29, 1.82) is 5.26 Å². The molecule has 2 rings (SSSR count). The first-order valence-electron chi connectivity index (χ1n) is 5.64. The molecule has 0 aliphatic rings. The smallest absolute Gasteiger partial charge is 0.236 e. The van der Waals surface area contributed by atoms with Crippen LogP contribution in [0.1, 0.15) is 6.92 Å². The third-order valence-corrected chi connectivity index (χ3v) is 2.38. The van der Waals surface area contributed by atoms with Gasteiger partial charge in [-0.25, -0.2) is 14.4 Å². The molecule has 0 atom stereocenters. The van der Waals surface area contributed by atoms with Crippen LogP contribution in [0, 0.1) is 17.3 Å². The highest BCUT2D eigenvalue weighted by Gasteiger charge is 2.06. The number of hydrogen-bond donors (Lipinski definition) is 1. The second kappa shape index (κ2) is 5.78. The van der Waals surface area contributed by atoms with E-state index < -0.39 is 5.82 Å². The van der Waals surface area contributed by atoms with E-state index >= 15 is 0 Å². The third kappa shape index (κ3) is 2.96. The summed E-state index contributed by atoms with van der Waals surface area (Å²) in [4.78, 5) is 7.87. The normalized spacial score (nSPS) is 9.74. The number of aromatic nitrogens is 2. The predicted octanol–water partition coefficient (Wildman–Crippen LogP) is 2.57. The van der Waals surface area contributed by atoms with Crippen LogP contribution in [-0.2, 0) is 0 Å². The summed E-state index contributed by atoms with van der Waals surface area (Å²) < 4.78 is 18.8. The number of nitrogens with one attached hydrogen (secondary N) is 1. The molecular formula is C13H11FN4O. The lowest BCUT2D eigenvalue weighted by molar-refractivity contribution is 0.321. The van der Waals surface area contributed by atoms with Crippen LogP contribution in [0.4, 0.5) is 10.3 Å². The molecule has 5 nitrogen and oxygen atoms in total. The van der Waals surface area contributed by atoms with Gasteiger partial charge in [0.25, 0.3) is 0 Å². The van der Waals surface area contributed by atoms with Crippen LogP contribution in [0.5, 0.6) is 5.75 Å². The van der Waals surface area contributed by atoms with E-state index in [0.29, 0.717) is 17.7 Å². The van der Waals surface area contributed by atoms with Crippen LogP contribution in [0.3, 0.4) is 0 Å². The minimum atomic E-state index is -0.432. The zero-order chi connectivity index (χ0) is 13.7. The molecule has 0 aliphatic heterocycles. The highest BCUT2D eigenvalue weighted by atomic mass is 19.1. The molecule has 96 valence electrons. The van der Waals surface area contributed by atoms with Gasteiger partial charge in [-0.05, 0) is 24.6 Å². The molecular weight excluding hydrogens is 247 g/mol. The molecule has 0 spiro atoms. The summed E-state index contributed by atoms with van der Waals surface area (Å²) >= 11 is 0. The third-order valence-electron chi connectivity index (χ3n) is 2.38. The standard InChI is InChI=1S/C13H11FN4O/c1-2-19-12-4-3-9(5-11(12)14)10-6-16-13(17-7-10)18-8-15/h3-7H,2H2,1H3,(H,16,17,18). The van der Waals surface area contributed by atoms with Crippen molar-refractivity contribution in [3.05, 3.63) is 36.4 Å². The Kier molecular flexibility index (Phi) is 3.88. The SMILES string of the molecule is CCOc1ccc(-c2cnc(NC#N)nc2)cc1F. The molecule has 0 saturated heterocycles. The molecule has 0 unspecified atom stereocenters. The molecule has 0 saturated carbocycles. The molecule has 1 aromatic carbocycles. The summed E-state index contributed by atoms with van der Waals surface area (Å²) in [5, 5.41) is 10.7. The monoisotopic (exact) mass is 258 g/mol.